The van der Waals surface area contributed by atoms with Crippen molar-refractivity contribution in [2.24, 2.45) is 0 Å². The first-order chi connectivity index (χ1) is 11.6. The summed E-state index contributed by atoms with van der Waals surface area (Å²) in [7, 11) is 0. The van der Waals surface area contributed by atoms with Crippen LogP contribution in [-0.4, -0.2) is 58.2 Å². The molecule has 0 spiro atoms. The zero-order valence-corrected chi connectivity index (χ0v) is 14.1. The quantitative estimate of drug-likeness (QED) is 0.777. The maximum absolute atomic E-state index is 13.1. The summed E-state index contributed by atoms with van der Waals surface area (Å²) in [5.74, 6) is -0.444. The average molecular weight is 329 g/mol. The molecule has 1 aromatic rings. The fourth-order valence-corrected chi connectivity index (χ4v) is 3.63. The summed E-state index contributed by atoms with van der Waals surface area (Å²) in [6.07, 6.45) is 1.53. The Morgan fingerprint density at radius 1 is 1.21 bits per heavy atom. The number of amides is 4. The van der Waals surface area contributed by atoms with Crippen molar-refractivity contribution in [2.75, 3.05) is 19.6 Å². The highest BCUT2D eigenvalue weighted by atomic mass is 16.2. The van der Waals surface area contributed by atoms with Gasteiger partial charge in [-0.05, 0) is 32.3 Å². The lowest BCUT2D eigenvalue weighted by Crippen LogP contribution is -2.46. The molecule has 6 heteroatoms. The molecular weight excluding hydrogens is 306 g/mol. The molecule has 128 valence electrons. The van der Waals surface area contributed by atoms with Crippen LogP contribution in [0.5, 0.6) is 0 Å². The van der Waals surface area contributed by atoms with Gasteiger partial charge < -0.3 is 9.80 Å². The maximum atomic E-state index is 13.1. The minimum absolute atomic E-state index is 0.200. The number of carbonyl (C=O) groups is 3. The monoisotopic (exact) mass is 329 g/mol. The van der Waals surface area contributed by atoms with Gasteiger partial charge in [0.25, 0.3) is 11.8 Å². The molecular formula is C18H23N3O3. The summed E-state index contributed by atoms with van der Waals surface area (Å²) in [5, 5.41) is 0. The molecule has 3 rings (SSSR count). The second-order valence-electron chi connectivity index (χ2n) is 6.17. The maximum Gasteiger partial charge on any atom is 0.328 e. The first-order valence-corrected chi connectivity index (χ1v) is 8.57. The first-order valence-electron chi connectivity index (χ1n) is 8.57. The molecule has 0 radical (unpaired) electrons. The molecule has 0 saturated carbocycles. The fraction of sp³-hybridized carbons (Fsp3) is 0.500. The van der Waals surface area contributed by atoms with E-state index in [-0.39, 0.29) is 17.8 Å². The van der Waals surface area contributed by atoms with Gasteiger partial charge in [0.1, 0.15) is 12.1 Å². The van der Waals surface area contributed by atoms with Gasteiger partial charge in [0.15, 0.2) is 0 Å². The van der Waals surface area contributed by atoms with E-state index in [4.69, 9.17) is 0 Å². The molecule has 4 amide bonds. The Bertz CT molecular complexity index is 620. The van der Waals surface area contributed by atoms with Gasteiger partial charge in [-0.2, -0.15) is 0 Å². The number of hydrogen-bond acceptors (Lipinski definition) is 3. The van der Waals surface area contributed by atoms with E-state index in [0.29, 0.717) is 31.6 Å². The number of imide groups is 1. The van der Waals surface area contributed by atoms with E-state index in [1.165, 1.54) is 4.90 Å². The highest BCUT2D eigenvalue weighted by Crippen LogP contribution is 2.34. The first kappa shape index (κ1) is 16.5. The third kappa shape index (κ3) is 2.56. The predicted octanol–water partition coefficient (Wildman–Crippen LogP) is 2.02. The summed E-state index contributed by atoms with van der Waals surface area (Å²) in [6, 6.07) is 7.50. The number of carbonyl (C=O) groups excluding carboxylic acids is 3. The van der Waals surface area contributed by atoms with Crippen LogP contribution in [0.3, 0.4) is 0 Å². The lowest BCUT2D eigenvalue weighted by molar-refractivity contribution is -0.142. The van der Waals surface area contributed by atoms with E-state index in [9.17, 15) is 14.4 Å². The number of nitrogens with zero attached hydrogens (tertiary/aromatic N) is 3. The van der Waals surface area contributed by atoms with Gasteiger partial charge in [0.05, 0.1) is 0 Å². The summed E-state index contributed by atoms with van der Waals surface area (Å²) >= 11 is 0. The Morgan fingerprint density at radius 2 is 1.88 bits per heavy atom. The molecule has 2 saturated heterocycles. The van der Waals surface area contributed by atoms with E-state index in [2.05, 4.69) is 0 Å². The van der Waals surface area contributed by atoms with Crippen molar-refractivity contribution in [3.63, 3.8) is 0 Å². The molecule has 0 bridgehead atoms. The van der Waals surface area contributed by atoms with E-state index in [1.54, 1.807) is 21.9 Å². The molecule has 2 atom stereocenters. The molecule has 0 aromatic heterocycles. The highest BCUT2D eigenvalue weighted by molar-refractivity contribution is 6.08. The largest absolute Gasteiger partial charge is 0.341 e. The molecule has 2 fully saturated rings. The molecule has 2 aliphatic heterocycles. The van der Waals surface area contributed by atoms with Gasteiger partial charge in [-0.15, -0.1) is 0 Å². The van der Waals surface area contributed by atoms with Crippen LogP contribution >= 0.6 is 0 Å². The number of benzene rings is 1. The lowest BCUT2D eigenvalue weighted by Gasteiger charge is -2.30. The van der Waals surface area contributed by atoms with Crippen molar-refractivity contribution in [3.05, 3.63) is 35.9 Å². The standard InChI is InChI=1S/C18H23N3O3/c1-3-19(4-2)17(23)15(13-9-6-5-7-10-13)21-16(22)14-11-8-12-20(14)18(21)24/h5-7,9-10,14-15H,3-4,8,11-12H2,1-2H3/t14-,15-/m1/s1. The van der Waals surface area contributed by atoms with Crippen LogP contribution in [0.2, 0.25) is 0 Å². The summed E-state index contributed by atoms with van der Waals surface area (Å²) in [6.45, 7) is 5.47. The van der Waals surface area contributed by atoms with Crippen LogP contribution < -0.4 is 0 Å². The molecule has 2 heterocycles. The van der Waals surface area contributed by atoms with Crippen LogP contribution in [0.25, 0.3) is 0 Å². The second-order valence-corrected chi connectivity index (χ2v) is 6.17. The van der Waals surface area contributed by atoms with Crippen LogP contribution in [0.15, 0.2) is 30.3 Å². The third-order valence-corrected chi connectivity index (χ3v) is 4.91. The Labute approximate surface area is 142 Å². The molecule has 6 nitrogen and oxygen atoms in total. The molecule has 1 aromatic carbocycles. The summed E-state index contributed by atoms with van der Waals surface area (Å²) in [5.41, 5.74) is 0.678. The van der Waals surface area contributed by atoms with Gasteiger partial charge in [0.2, 0.25) is 0 Å². The van der Waals surface area contributed by atoms with Crippen LogP contribution in [0.1, 0.15) is 38.3 Å². The Hall–Kier alpha value is -2.37. The molecule has 2 aliphatic rings. The lowest BCUT2D eigenvalue weighted by atomic mass is 10.0. The fourth-order valence-electron chi connectivity index (χ4n) is 3.63. The van der Waals surface area contributed by atoms with E-state index < -0.39 is 12.1 Å². The average Bonchev–Trinajstić information content (AvgIpc) is 3.17. The van der Waals surface area contributed by atoms with E-state index >= 15 is 0 Å². The van der Waals surface area contributed by atoms with E-state index in [0.717, 1.165) is 6.42 Å². The molecule has 0 aliphatic carbocycles. The summed E-state index contributed by atoms with van der Waals surface area (Å²) < 4.78 is 0. The predicted molar refractivity (Wildman–Crippen MR) is 89.1 cm³/mol. The highest BCUT2D eigenvalue weighted by Gasteiger charge is 2.52. The molecule has 0 unspecified atom stereocenters. The van der Waals surface area contributed by atoms with Gasteiger partial charge in [-0.25, -0.2) is 9.69 Å². The smallest absolute Gasteiger partial charge is 0.328 e. The minimum Gasteiger partial charge on any atom is -0.341 e. The van der Waals surface area contributed by atoms with Crippen molar-refractivity contribution in [1.29, 1.82) is 0 Å². The van der Waals surface area contributed by atoms with E-state index in [1.807, 2.05) is 32.0 Å². The number of hydrogen-bond donors (Lipinski definition) is 0. The molecule has 24 heavy (non-hydrogen) atoms. The van der Waals surface area contributed by atoms with Crippen LogP contribution in [0, 0.1) is 0 Å². The van der Waals surface area contributed by atoms with Crippen LogP contribution in [-0.2, 0) is 9.59 Å². The Balaban J connectivity index is 2.01. The van der Waals surface area contributed by atoms with Gasteiger partial charge in [0, 0.05) is 19.6 Å². The third-order valence-electron chi connectivity index (χ3n) is 4.91. The normalized spacial score (nSPS) is 21.2. The van der Waals surface area contributed by atoms with Crippen molar-refractivity contribution in [2.45, 2.75) is 38.8 Å². The Kier molecular flexibility index (Phi) is 4.55. The van der Waals surface area contributed by atoms with Crippen molar-refractivity contribution in [1.82, 2.24) is 14.7 Å². The number of fused-ring (bicyclic) bond motifs is 1. The number of likely N-dealkylation sites (N-methyl/N-ethyl adjacent to an activating group) is 1. The van der Waals surface area contributed by atoms with Crippen molar-refractivity contribution in [3.8, 4) is 0 Å². The SMILES string of the molecule is CCN(CC)C(=O)[C@@H](c1ccccc1)N1C(=O)[C@H]2CCCN2C1=O. The second kappa shape index (κ2) is 6.63. The Morgan fingerprint density at radius 3 is 2.46 bits per heavy atom. The van der Waals surface area contributed by atoms with Gasteiger partial charge >= 0.3 is 6.03 Å². The van der Waals surface area contributed by atoms with Gasteiger partial charge in [-0.3, -0.25) is 9.59 Å². The molecule has 0 N–H and O–H groups in total. The van der Waals surface area contributed by atoms with Crippen molar-refractivity contribution < 1.29 is 14.4 Å². The number of urea groups is 1. The van der Waals surface area contributed by atoms with Crippen molar-refractivity contribution >= 4 is 17.8 Å². The van der Waals surface area contributed by atoms with Gasteiger partial charge in [-0.1, -0.05) is 30.3 Å². The minimum atomic E-state index is -0.878. The topological polar surface area (TPSA) is 60.9 Å². The summed E-state index contributed by atoms with van der Waals surface area (Å²) in [4.78, 5) is 43.1. The zero-order valence-electron chi connectivity index (χ0n) is 14.1. The zero-order chi connectivity index (χ0) is 17.3. The number of rotatable bonds is 5. The van der Waals surface area contributed by atoms with Crippen LogP contribution in [0.4, 0.5) is 4.79 Å².